The van der Waals surface area contributed by atoms with E-state index in [0.29, 0.717) is 6.61 Å². The van der Waals surface area contributed by atoms with Crippen LogP contribution in [0.2, 0.25) is 0 Å². The van der Waals surface area contributed by atoms with Crippen molar-refractivity contribution in [1.29, 1.82) is 0 Å². The normalized spacial score (nSPS) is 29.9. The highest BCUT2D eigenvalue weighted by Gasteiger charge is 2.41. The molecule has 2 aliphatic rings. The van der Waals surface area contributed by atoms with Crippen molar-refractivity contribution in [3.8, 4) is 0 Å². The number of ketones is 1. The van der Waals surface area contributed by atoms with Gasteiger partial charge in [0.2, 0.25) is 5.79 Å². The van der Waals surface area contributed by atoms with Gasteiger partial charge in [-0.1, -0.05) is 39.7 Å². The summed E-state index contributed by atoms with van der Waals surface area (Å²) >= 11 is 9.27. The van der Waals surface area contributed by atoms with Crippen LogP contribution in [0.15, 0.2) is 52.0 Å². The Kier molecular flexibility index (Phi) is 3.35. The molecule has 2 atom stereocenters. The lowest BCUT2D eigenvalue weighted by molar-refractivity contribution is -0.114. The van der Waals surface area contributed by atoms with Crippen LogP contribution >= 0.6 is 27.5 Å². The summed E-state index contributed by atoms with van der Waals surface area (Å²) in [7, 11) is 0. The van der Waals surface area contributed by atoms with E-state index < -0.39 is 5.79 Å². The lowest BCUT2D eigenvalue weighted by Gasteiger charge is -2.23. The molecule has 0 aromatic heterocycles. The van der Waals surface area contributed by atoms with Crippen molar-refractivity contribution in [2.45, 2.75) is 11.9 Å². The lowest BCUT2D eigenvalue weighted by atomic mass is 10.1. The second kappa shape index (κ2) is 4.87. The Balaban J connectivity index is 1.85. The minimum Gasteiger partial charge on any atom is -0.340 e. The quantitative estimate of drug-likeness (QED) is 0.784. The zero-order valence-corrected chi connectivity index (χ0v) is 12.1. The molecule has 0 radical (unpaired) electrons. The highest BCUT2D eigenvalue weighted by molar-refractivity contribution is 9.10. The minimum absolute atomic E-state index is 0.123. The van der Waals surface area contributed by atoms with Crippen LogP contribution in [0.1, 0.15) is 11.7 Å². The van der Waals surface area contributed by atoms with Crippen molar-refractivity contribution in [3.05, 3.63) is 57.6 Å². The highest BCUT2D eigenvalue weighted by atomic mass is 79.9. The van der Waals surface area contributed by atoms with Crippen molar-refractivity contribution in [2.24, 2.45) is 0 Å². The average Bonchev–Trinajstić information content (AvgIpc) is 2.79. The number of carbonyl (C=O) groups is 1. The number of benzene rings is 1. The molecule has 1 fully saturated rings. The first-order chi connectivity index (χ1) is 9.08. The van der Waals surface area contributed by atoms with Crippen LogP contribution < -0.4 is 0 Å². The number of hydrogen-bond donors (Lipinski definition) is 0. The summed E-state index contributed by atoms with van der Waals surface area (Å²) in [5, 5.41) is 0.123. The molecule has 3 rings (SSSR count). The Hall–Kier alpha value is -0.940. The van der Waals surface area contributed by atoms with Crippen molar-refractivity contribution >= 4 is 33.3 Å². The molecule has 1 saturated heterocycles. The van der Waals surface area contributed by atoms with Crippen molar-refractivity contribution in [1.82, 2.24) is 0 Å². The topological polar surface area (TPSA) is 35.5 Å². The molecule has 98 valence electrons. The molecule has 1 heterocycles. The van der Waals surface area contributed by atoms with Gasteiger partial charge >= 0.3 is 0 Å². The minimum atomic E-state index is -1.02. The lowest BCUT2D eigenvalue weighted by Crippen LogP contribution is -2.28. The fourth-order valence-corrected chi connectivity index (χ4v) is 2.73. The molecular formula is C14H10BrClO3. The van der Waals surface area contributed by atoms with Crippen LogP contribution in [0.5, 0.6) is 0 Å². The van der Waals surface area contributed by atoms with Crippen LogP contribution in [-0.4, -0.2) is 18.2 Å². The molecule has 0 bridgehead atoms. The smallest absolute Gasteiger partial charge is 0.211 e. The van der Waals surface area contributed by atoms with Gasteiger partial charge in [-0.2, -0.15) is 0 Å². The molecule has 19 heavy (non-hydrogen) atoms. The predicted octanol–water partition coefficient (Wildman–Crippen LogP) is 3.49. The third-order valence-electron chi connectivity index (χ3n) is 3.04. The molecule has 3 nitrogen and oxygen atoms in total. The Morgan fingerprint density at radius 3 is 3.00 bits per heavy atom. The van der Waals surface area contributed by atoms with Crippen LogP contribution in [0.4, 0.5) is 0 Å². The first-order valence-electron chi connectivity index (χ1n) is 5.77. The summed E-state index contributed by atoms with van der Waals surface area (Å²) in [5.74, 6) is -1.25. The standard InChI is InChI=1S/C14H10BrClO3/c15-10-3-1-2-9(6-10)13-8-18-14(19-13)5-4-12(17)11(16)7-14/h1-7,13H,8H2/t13-,14-/m0/s1. The number of carbonyl (C=O) groups excluding carboxylic acids is 1. The van der Waals surface area contributed by atoms with E-state index in [1.807, 2.05) is 24.3 Å². The highest BCUT2D eigenvalue weighted by Crippen LogP contribution is 2.38. The summed E-state index contributed by atoms with van der Waals surface area (Å²) in [4.78, 5) is 11.3. The number of ether oxygens (including phenoxy) is 2. The molecule has 1 aliphatic heterocycles. The zero-order chi connectivity index (χ0) is 13.5. The van der Waals surface area contributed by atoms with E-state index in [0.717, 1.165) is 10.0 Å². The fourth-order valence-electron chi connectivity index (χ4n) is 2.10. The van der Waals surface area contributed by atoms with Crippen molar-refractivity contribution in [2.75, 3.05) is 6.61 Å². The molecule has 5 heteroatoms. The molecule has 0 N–H and O–H groups in total. The first-order valence-corrected chi connectivity index (χ1v) is 6.94. The molecule has 1 spiro atoms. The van der Waals surface area contributed by atoms with Gasteiger partial charge in [-0.25, -0.2) is 0 Å². The van der Waals surface area contributed by atoms with Gasteiger partial charge in [-0.3, -0.25) is 4.79 Å². The molecule has 0 saturated carbocycles. The maximum atomic E-state index is 11.3. The second-order valence-corrected chi connectivity index (χ2v) is 5.71. The van der Waals surface area contributed by atoms with E-state index in [4.69, 9.17) is 21.1 Å². The molecule has 0 amide bonds. The summed E-state index contributed by atoms with van der Waals surface area (Å²) in [5.41, 5.74) is 1.01. The number of rotatable bonds is 1. The van der Waals surface area contributed by atoms with Gasteiger partial charge in [0.25, 0.3) is 0 Å². The summed E-state index contributed by atoms with van der Waals surface area (Å²) < 4.78 is 12.6. The first kappa shape index (κ1) is 13.1. The Labute approximate surface area is 124 Å². The summed E-state index contributed by atoms with van der Waals surface area (Å²) in [6, 6.07) is 7.85. The number of halogens is 2. The van der Waals surface area contributed by atoms with Crippen molar-refractivity contribution in [3.63, 3.8) is 0 Å². The van der Waals surface area contributed by atoms with Gasteiger partial charge in [0.15, 0.2) is 5.78 Å². The van der Waals surface area contributed by atoms with E-state index >= 15 is 0 Å². The van der Waals surface area contributed by atoms with Gasteiger partial charge in [0.05, 0.1) is 11.6 Å². The maximum Gasteiger partial charge on any atom is 0.211 e. The predicted molar refractivity (Wildman–Crippen MR) is 74.7 cm³/mol. The van der Waals surface area contributed by atoms with Crippen LogP contribution in [-0.2, 0) is 14.3 Å². The Morgan fingerprint density at radius 2 is 2.26 bits per heavy atom. The molecular weight excluding hydrogens is 332 g/mol. The largest absolute Gasteiger partial charge is 0.340 e. The van der Waals surface area contributed by atoms with Gasteiger partial charge < -0.3 is 9.47 Å². The fraction of sp³-hybridized carbons (Fsp3) is 0.214. The van der Waals surface area contributed by atoms with E-state index in [9.17, 15) is 4.79 Å². The van der Waals surface area contributed by atoms with Crippen LogP contribution in [0.3, 0.4) is 0 Å². The summed E-state index contributed by atoms with van der Waals surface area (Å²) in [6.45, 7) is 0.412. The molecule has 1 aromatic carbocycles. The van der Waals surface area contributed by atoms with Gasteiger partial charge in [-0.15, -0.1) is 0 Å². The van der Waals surface area contributed by atoms with E-state index in [1.54, 1.807) is 6.08 Å². The average molecular weight is 342 g/mol. The van der Waals surface area contributed by atoms with Crippen LogP contribution in [0.25, 0.3) is 0 Å². The Morgan fingerprint density at radius 1 is 1.42 bits per heavy atom. The third-order valence-corrected chi connectivity index (χ3v) is 3.83. The number of hydrogen-bond acceptors (Lipinski definition) is 3. The maximum absolute atomic E-state index is 11.3. The van der Waals surface area contributed by atoms with Gasteiger partial charge in [0, 0.05) is 10.5 Å². The third kappa shape index (κ3) is 2.54. The molecule has 0 unspecified atom stereocenters. The van der Waals surface area contributed by atoms with Gasteiger partial charge in [0.1, 0.15) is 6.10 Å². The molecule has 1 aromatic rings. The zero-order valence-electron chi connectivity index (χ0n) is 9.81. The van der Waals surface area contributed by atoms with Gasteiger partial charge in [-0.05, 0) is 29.8 Å². The SMILES string of the molecule is O=C1C=C[C@]2(C=C1Cl)OC[C@@H](c1cccc(Br)c1)O2. The van der Waals surface area contributed by atoms with E-state index in [1.165, 1.54) is 12.2 Å². The monoisotopic (exact) mass is 340 g/mol. The van der Waals surface area contributed by atoms with E-state index in [-0.39, 0.29) is 16.9 Å². The number of allylic oxidation sites excluding steroid dienone is 2. The second-order valence-electron chi connectivity index (χ2n) is 4.38. The van der Waals surface area contributed by atoms with E-state index in [2.05, 4.69) is 15.9 Å². The Bertz CT molecular complexity index is 596. The summed E-state index contributed by atoms with van der Waals surface area (Å²) in [6.07, 6.45) is 4.30. The van der Waals surface area contributed by atoms with Crippen LogP contribution in [0, 0.1) is 0 Å². The van der Waals surface area contributed by atoms with Crippen molar-refractivity contribution < 1.29 is 14.3 Å². The molecule has 1 aliphatic carbocycles.